The smallest absolute Gasteiger partial charge is 0.0227 e. The third kappa shape index (κ3) is 4.73. The molecule has 0 atom stereocenters. The Morgan fingerprint density at radius 3 is 2.40 bits per heavy atom. The number of hydrogen-bond acceptors (Lipinski definition) is 0. The van der Waals surface area contributed by atoms with Crippen LogP contribution in [0.2, 0.25) is 0 Å². The standard InChI is InChI=1S/C4H8I/c1-2-3-4-5/h4H,2-3H2,1H3. The van der Waals surface area contributed by atoms with Gasteiger partial charge >= 0.3 is 0 Å². The van der Waals surface area contributed by atoms with E-state index in [9.17, 15) is 0 Å². The van der Waals surface area contributed by atoms with Crippen LogP contribution in [0.5, 0.6) is 0 Å². The third-order valence-electron chi connectivity index (χ3n) is 0.398. The topological polar surface area (TPSA) is 0 Å². The van der Waals surface area contributed by atoms with Gasteiger partial charge in [0.1, 0.15) is 0 Å². The number of rotatable bonds is 2. The summed E-state index contributed by atoms with van der Waals surface area (Å²) < 4.78 is 2.15. The highest BCUT2D eigenvalue weighted by molar-refractivity contribution is 14.1. The van der Waals surface area contributed by atoms with Crippen molar-refractivity contribution >= 4 is 22.6 Å². The summed E-state index contributed by atoms with van der Waals surface area (Å²) in [6.07, 6.45) is 2.53. The third-order valence-corrected chi connectivity index (χ3v) is 1.02. The van der Waals surface area contributed by atoms with E-state index in [2.05, 4.69) is 33.9 Å². The van der Waals surface area contributed by atoms with Crippen molar-refractivity contribution in [3.05, 3.63) is 4.43 Å². The molecular formula is C4H8I. The van der Waals surface area contributed by atoms with Crippen molar-refractivity contribution in [2.45, 2.75) is 19.8 Å². The normalized spacial score (nSPS) is 8.40. The van der Waals surface area contributed by atoms with E-state index in [1.165, 1.54) is 12.8 Å². The fourth-order valence-corrected chi connectivity index (χ4v) is 0.732. The van der Waals surface area contributed by atoms with Crippen LogP contribution in [0, 0.1) is 4.43 Å². The van der Waals surface area contributed by atoms with Crippen molar-refractivity contribution in [1.82, 2.24) is 0 Å². The Kier molecular flexibility index (Phi) is 5.42. The quantitative estimate of drug-likeness (QED) is 0.576. The van der Waals surface area contributed by atoms with Gasteiger partial charge in [-0.3, -0.25) is 0 Å². The second-order valence-corrected chi connectivity index (χ2v) is 1.82. The SMILES string of the molecule is CCC[CH]I. The van der Waals surface area contributed by atoms with Crippen LogP contribution in [-0.4, -0.2) is 0 Å². The molecule has 0 saturated heterocycles. The van der Waals surface area contributed by atoms with Crippen molar-refractivity contribution < 1.29 is 0 Å². The van der Waals surface area contributed by atoms with Gasteiger partial charge in [-0.2, -0.15) is 0 Å². The summed E-state index contributed by atoms with van der Waals surface area (Å²) in [5.41, 5.74) is 0. The zero-order valence-corrected chi connectivity index (χ0v) is 5.53. The first-order chi connectivity index (χ1) is 2.41. The van der Waals surface area contributed by atoms with Gasteiger partial charge < -0.3 is 0 Å². The van der Waals surface area contributed by atoms with Crippen molar-refractivity contribution in [2.75, 3.05) is 0 Å². The van der Waals surface area contributed by atoms with Crippen LogP contribution in [0.1, 0.15) is 19.8 Å². The van der Waals surface area contributed by atoms with E-state index in [4.69, 9.17) is 0 Å². The van der Waals surface area contributed by atoms with Gasteiger partial charge in [0, 0.05) is 4.43 Å². The predicted molar refractivity (Wildman–Crippen MR) is 33.2 cm³/mol. The molecule has 0 bridgehead atoms. The molecule has 0 N–H and O–H groups in total. The largest absolute Gasteiger partial charge is 0.0815 e. The molecule has 0 nitrogen and oxygen atoms in total. The minimum Gasteiger partial charge on any atom is -0.0815 e. The average Bonchev–Trinajstić information content (AvgIpc) is 1.41. The Bertz CT molecular complexity index is 11.1. The maximum Gasteiger partial charge on any atom is 0.0227 e. The Morgan fingerprint density at radius 1 is 1.80 bits per heavy atom. The fraction of sp³-hybridized carbons (Fsp3) is 0.750. The van der Waals surface area contributed by atoms with Crippen LogP contribution in [0.25, 0.3) is 0 Å². The van der Waals surface area contributed by atoms with Gasteiger partial charge in [0.2, 0.25) is 0 Å². The molecule has 0 fully saturated rings. The molecule has 31 valence electrons. The summed E-state index contributed by atoms with van der Waals surface area (Å²) in [5.74, 6) is 0. The minimum atomic E-state index is 1.25. The summed E-state index contributed by atoms with van der Waals surface area (Å²) in [6, 6.07) is 0. The van der Waals surface area contributed by atoms with Crippen molar-refractivity contribution in [3.8, 4) is 0 Å². The van der Waals surface area contributed by atoms with Crippen molar-refractivity contribution in [2.24, 2.45) is 0 Å². The number of hydrogen-bond donors (Lipinski definition) is 0. The molecular weight excluding hydrogens is 175 g/mol. The molecule has 0 saturated carbocycles. The Balaban J connectivity index is 2.19. The highest BCUT2D eigenvalue weighted by Crippen LogP contribution is 1.97. The van der Waals surface area contributed by atoms with Crippen molar-refractivity contribution in [1.29, 1.82) is 0 Å². The Morgan fingerprint density at radius 2 is 2.40 bits per heavy atom. The predicted octanol–water partition coefficient (Wildman–Crippen LogP) is 2.38. The highest BCUT2D eigenvalue weighted by Gasteiger charge is 1.70. The molecule has 0 aromatic heterocycles. The molecule has 0 unspecified atom stereocenters. The summed E-state index contributed by atoms with van der Waals surface area (Å²) in [6.45, 7) is 2.18. The van der Waals surface area contributed by atoms with E-state index in [1.807, 2.05) is 0 Å². The molecule has 0 aliphatic rings. The van der Waals surface area contributed by atoms with Gasteiger partial charge in [0.15, 0.2) is 0 Å². The summed E-state index contributed by atoms with van der Waals surface area (Å²) in [7, 11) is 0. The average molecular weight is 183 g/mol. The molecule has 0 spiro atoms. The van der Waals surface area contributed by atoms with Gasteiger partial charge in [-0.25, -0.2) is 0 Å². The number of halogens is 1. The van der Waals surface area contributed by atoms with Gasteiger partial charge in [-0.1, -0.05) is 35.9 Å². The van der Waals surface area contributed by atoms with Crippen LogP contribution in [-0.2, 0) is 0 Å². The first-order valence-electron chi connectivity index (χ1n) is 1.83. The van der Waals surface area contributed by atoms with Crippen LogP contribution in [0.15, 0.2) is 0 Å². The maximum atomic E-state index is 2.26. The van der Waals surface area contributed by atoms with Gasteiger partial charge in [0.25, 0.3) is 0 Å². The first kappa shape index (κ1) is 5.73. The van der Waals surface area contributed by atoms with Crippen LogP contribution >= 0.6 is 22.6 Å². The summed E-state index contributed by atoms with van der Waals surface area (Å²) in [5, 5.41) is 0. The number of unbranched alkanes of at least 4 members (excludes halogenated alkanes) is 1. The lowest BCUT2D eigenvalue weighted by atomic mass is 10.4. The second-order valence-electron chi connectivity index (χ2n) is 0.943. The lowest BCUT2D eigenvalue weighted by molar-refractivity contribution is 0.951. The first-order valence-corrected chi connectivity index (χ1v) is 3.08. The molecule has 1 radical (unpaired) electrons. The molecule has 0 aliphatic heterocycles. The van der Waals surface area contributed by atoms with Gasteiger partial charge in [0.05, 0.1) is 0 Å². The van der Waals surface area contributed by atoms with E-state index in [0.717, 1.165) is 0 Å². The van der Waals surface area contributed by atoms with Crippen molar-refractivity contribution in [3.63, 3.8) is 0 Å². The zero-order chi connectivity index (χ0) is 4.12. The maximum absolute atomic E-state index is 2.26. The van der Waals surface area contributed by atoms with E-state index < -0.39 is 0 Å². The molecule has 0 heterocycles. The fourth-order valence-electron chi connectivity index (χ4n) is 0.109. The van der Waals surface area contributed by atoms with E-state index in [0.29, 0.717) is 0 Å². The molecule has 0 aliphatic carbocycles. The minimum absolute atomic E-state index is 1.25. The van der Waals surface area contributed by atoms with Gasteiger partial charge in [-0.05, 0) is 6.42 Å². The summed E-state index contributed by atoms with van der Waals surface area (Å²) >= 11 is 2.26. The Hall–Kier alpha value is 0.730. The molecule has 0 aromatic rings. The zero-order valence-electron chi connectivity index (χ0n) is 3.37. The Labute approximate surface area is 47.1 Å². The lowest BCUT2D eigenvalue weighted by Gasteiger charge is -1.77. The molecule has 0 amide bonds. The molecule has 5 heavy (non-hydrogen) atoms. The summed E-state index contributed by atoms with van der Waals surface area (Å²) in [4.78, 5) is 0. The monoisotopic (exact) mass is 183 g/mol. The van der Waals surface area contributed by atoms with E-state index in [-0.39, 0.29) is 0 Å². The van der Waals surface area contributed by atoms with Gasteiger partial charge in [-0.15, -0.1) is 0 Å². The lowest BCUT2D eigenvalue weighted by Crippen LogP contribution is -1.56. The second kappa shape index (κ2) is 4.73. The highest BCUT2D eigenvalue weighted by atomic mass is 127. The van der Waals surface area contributed by atoms with E-state index >= 15 is 0 Å². The molecule has 1 heteroatoms. The molecule has 0 aromatic carbocycles. The molecule has 0 rings (SSSR count). The van der Waals surface area contributed by atoms with Crippen LogP contribution < -0.4 is 0 Å². The van der Waals surface area contributed by atoms with E-state index in [1.54, 1.807) is 0 Å². The van der Waals surface area contributed by atoms with Crippen LogP contribution in [0.4, 0.5) is 0 Å². The van der Waals surface area contributed by atoms with Crippen LogP contribution in [0.3, 0.4) is 0 Å².